The van der Waals surface area contributed by atoms with Crippen LogP contribution in [-0.2, 0) is 6.54 Å². The lowest BCUT2D eigenvalue weighted by Gasteiger charge is -2.02. The molecule has 4 heteroatoms. The second-order valence-electron chi connectivity index (χ2n) is 2.79. The topological polar surface area (TPSA) is 50.7 Å². The average Bonchev–Trinajstić information content (AvgIpc) is 2.29. The Morgan fingerprint density at radius 2 is 1.93 bits per heavy atom. The predicted molar refractivity (Wildman–Crippen MR) is 53.6 cm³/mol. The van der Waals surface area contributed by atoms with Crippen molar-refractivity contribution in [3.8, 4) is 0 Å². The van der Waals surface area contributed by atoms with Gasteiger partial charge < -0.3 is 5.32 Å². The summed E-state index contributed by atoms with van der Waals surface area (Å²) in [7, 11) is 0. The Morgan fingerprint density at radius 3 is 2.64 bits per heavy atom. The van der Waals surface area contributed by atoms with Gasteiger partial charge in [-0.2, -0.15) is 0 Å². The fourth-order valence-corrected chi connectivity index (χ4v) is 1.07. The third kappa shape index (κ3) is 2.26. The van der Waals surface area contributed by atoms with Crippen molar-refractivity contribution in [1.29, 1.82) is 0 Å². The summed E-state index contributed by atoms with van der Waals surface area (Å²) in [6.45, 7) is 0.692. The first-order chi connectivity index (χ1) is 6.95. The number of pyridine rings is 1. The molecular weight excluding hydrogens is 176 g/mol. The number of nitrogens with one attached hydrogen (secondary N) is 1. The number of rotatable bonds is 3. The van der Waals surface area contributed by atoms with Crippen LogP contribution in [0.5, 0.6) is 0 Å². The van der Waals surface area contributed by atoms with Gasteiger partial charge >= 0.3 is 0 Å². The Hall–Kier alpha value is -1.97. The van der Waals surface area contributed by atoms with Crippen LogP contribution in [0.15, 0.2) is 43.0 Å². The molecule has 0 spiro atoms. The van der Waals surface area contributed by atoms with Gasteiger partial charge in [0.2, 0.25) is 5.95 Å². The standard InChI is InChI=1S/C10H10N4/c1-3-9(7-11-4-1)8-14-10-12-5-2-6-13-10/h1-7H,8H2,(H,12,13,14). The van der Waals surface area contributed by atoms with Crippen molar-refractivity contribution in [2.75, 3.05) is 5.32 Å². The van der Waals surface area contributed by atoms with Crippen LogP contribution in [0.1, 0.15) is 5.56 Å². The summed E-state index contributed by atoms with van der Waals surface area (Å²) in [6, 6.07) is 5.70. The zero-order valence-corrected chi connectivity index (χ0v) is 7.59. The van der Waals surface area contributed by atoms with Crippen LogP contribution < -0.4 is 5.32 Å². The molecule has 1 N–H and O–H groups in total. The summed E-state index contributed by atoms with van der Waals surface area (Å²) in [4.78, 5) is 12.1. The predicted octanol–water partition coefficient (Wildman–Crippen LogP) is 1.48. The zero-order chi connectivity index (χ0) is 9.64. The van der Waals surface area contributed by atoms with Crippen LogP contribution >= 0.6 is 0 Å². The average molecular weight is 186 g/mol. The Labute approximate surface area is 82.1 Å². The Kier molecular flexibility index (Phi) is 2.66. The first-order valence-electron chi connectivity index (χ1n) is 4.35. The molecule has 2 aromatic rings. The maximum absolute atomic E-state index is 4.05. The third-order valence-electron chi connectivity index (χ3n) is 1.74. The van der Waals surface area contributed by atoms with Gasteiger partial charge in [-0.05, 0) is 17.7 Å². The van der Waals surface area contributed by atoms with Gasteiger partial charge in [-0.15, -0.1) is 0 Å². The van der Waals surface area contributed by atoms with Crippen LogP contribution in [-0.4, -0.2) is 15.0 Å². The molecule has 14 heavy (non-hydrogen) atoms. The highest BCUT2D eigenvalue weighted by Crippen LogP contribution is 2.00. The van der Waals surface area contributed by atoms with E-state index in [0.717, 1.165) is 5.56 Å². The van der Waals surface area contributed by atoms with Gasteiger partial charge in [0.05, 0.1) is 0 Å². The summed E-state index contributed by atoms with van der Waals surface area (Å²) < 4.78 is 0. The quantitative estimate of drug-likeness (QED) is 0.788. The van der Waals surface area contributed by atoms with E-state index in [1.165, 1.54) is 0 Å². The lowest BCUT2D eigenvalue weighted by atomic mass is 10.3. The van der Waals surface area contributed by atoms with Crippen LogP contribution in [0.25, 0.3) is 0 Å². The van der Waals surface area contributed by atoms with E-state index in [1.54, 1.807) is 24.7 Å². The number of hydrogen-bond acceptors (Lipinski definition) is 4. The van der Waals surface area contributed by atoms with E-state index in [-0.39, 0.29) is 0 Å². The first-order valence-corrected chi connectivity index (χ1v) is 4.35. The van der Waals surface area contributed by atoms with Crippen molar-refractivity contribution in [1.82, 2.24) is 15.0 Å². The molecule has 2 rings (SSSR count). The maximum Gasteiger partial charge on any atom is 0.222 e. The van der Waals surface area contributed by atoms with E-state index in [4.69, 9.17) is 0 Å². The van der Waals surface area contributed by atoms with E-state index in [1.807, 2.05) is 18.3 Å². The monoisotopic (exact) mass is 186 g/mol. The molecule has 0 amide bonds. The van der Waals surface area contributed by atoms with Gasteiger partial charge in [0.25, 0.3) is 0 Å². The summed E-state index contributed by atoms with van der Waals surface area (Å²) in [6.07, 6.45) is 6.98. The lowest BCUT2D eigenvalue weighted by molar-refractivity contribution is 1.04. The molecule has 2 heterocycles. The highest BCUT2D eigenvalue weighted by atomic mass is 15.1. The molecule has 0 saturated heterocycles. The highest BCUT2D eigenvalue weighted by Gasteiger charge is 1.93. The Morgan fingerprint density at radius 1 is 1.07 bits per heavy atom. The van der Waals surface area contributed by atoms with Crippen molar-refractivity contribution in [3.63, 3.8) is 0 Å². The van der Waals surface area contributed by atoms with Crippen molar-refractivity contribution < 1.29 is 0 Å². The van der Waals surface area contributed by atoms with E-state index in [2.05, 4.69) is 20.3 Å². The highest BCUT2D eigenvalue weighted by molar-refractivity contribution is 5.24. The number of aromatic nitrogens is 3. The molecule has 0 unspecified atom stereocenters. The van der Waals surface area contributed by atoms with Gasteiger partial charge in [0.15, 0.2) is 0 Å². The molecule has 0 aliphatic carbocycles. The summed E-state index contributed by atoms with van der Waals surface area (Å²) in [5.74, 6) is 0.636. The van der Waals surface area contributed by atoms with Gasteiger partial charge in [-0.1, -0.05) is 6.07 Å². The minimum absolute atomic E-state index is 0.636. The lowest BCUT2D eigenvalue weighted by Crippen LogP contribution is -2.02. The molecular formula is C10H10N4. The second kappa shape index (κ2) is 4.32. The van der Waals surface area contributed by atoms with Gasteiger partial charge in [0.1, 0.15) is 0 Å². The Balaban J connectivity index is 1.96. The minimum Gasteiger partial charge on any atom is -0.350 e. The molecule has 0 aliphatic rings. The van der Waals surface area contributed by atoms with E-state index >= 15 is 0 Å². The second-order valence-corrected chi connectivity index (χ2v) is 2.79. The van der Waals surface area contributed by atoms with Crippen molar-refractivity contribution in [3.05, 3.63) is 48.5 Å². The fourth-order valence-electron chi connectivity index (χ4n) is 1.07. The summed E-state index contributed by atoms with van der Waals surface area (Å²) in [5, 5.41) is 3.10. The van der Waals surface area contributed by atoms with Gasteiger partial charge in [0, 0.05) is 31.3 Å². The normalized spacial score (nSPS) is 9.71. The number of hydrogen-bond donors (Lipinski definition) is 1. The largest absolute Gasteiger partial charge is 0.350 e. The van der Waals surface area contributed by atoms with Crippen LogP contribution in [0, 0.1) is 0 Å². The molecule has 2 aromatic heterocycles. The number of anilines is 1. The minimum atomic E-state index is 0.636. The number of nitrogens with zero attached hydrogens (tertiary/aromatic N) is 3. The molecule has 0 atom stereocenters. The molecule has 0 saturated carbocycles. The van der Waals surface area contributed by atoms with Crippen LogP contribution in [0.3, 0.4) is 0 Å². The fraction of sp³-hybridized carbons (Fsp3) is 0.100. The van der Waals surface area contributed by atoms with Crippen molar-refractivity contribution in [2.45, 2.75) is 6.54 Å². The van der Waals surface area contributed by atoms with E-state index in [9.17, 15) is 0 Å². The van der Waals surface area contributed by atoms with Crippen molar-refractivity contribution in [2.24, 2.45) is 0 Å². The van der Waals surface area contributed by atoms with E-state index < -0.39 is 0 Å². The first kappa shape index (κ1) is 8.62. The van der Waals surface area contributed by atoms with Gasteiger partial charge in [-0.3, -0.25) is 4.98 Å². The maximum atomic E-state index is 4.05. The summed E-state index contributed by atoms with van der Waals surface area (Å²) in [5.41, 5.74) is 1.11. The SMILES string of the molecule is c1cnc(NCc2cccnc2)nc1. The molecule has 0 radical (unpaired) electrons. The molecule has 70 valence electrons. The van der Waals surface area contributed by atoms with Crippen LogP contribution in [0.4, 0.5) is 5.95 Å². The van der Waals surface area contributed by atoms with Gasteiger partial charge in [-0.25, -0.2) is 9.97 Å². The third-order valence-corrected chi connectivity index (χ3v) is 1.74. The molecule has 0 aliphatic heterocycles. The molecule has 4 nitrogen and oxygen atoms in total. The smallest absolute Gasteiger partial charge is 0.222 e. The molecule has 0 aromatic carbocycles. The molecule has 0 fully saturated rings. The Bertz CT molecular complexity index is 334. The summed E-state index contributed by atoms with van der Waals surface area (Å²) >= 11 is 0. The van der Waals surface area contributed by atoms with Crippen LogP contribution in [0.2, 0.25) is 0 Å². The zero-order valence-electron chi connectivity index (χ0n) is 7.59. The van der Waals surface area contributed by atoms with E-state index in [0.29, 0.717) is 12.5 Å². The van der Waals surface area contributed by atoms with Crippen molar-refractivity contribution >= 4 is 5.95 Å². The molecule has 0 bridgehead atoms.